The lowest BCUT2D eigenvalue weighted by Crippen LogP contribution is -2.57. The molecule has 1 amide bonds. The summed E-state index contributed by atoms with van der Waals surface area (Å²) in [6.07, 6.45) is 2.88. The number of phenolic OH excluding ortho intramolecular Hbond substituents is 1. The summed E-state index contributed by atoms with van der Waals surface area (Å²) in [7, 11) is 3.38. The third-order valence-electron chi connectivity index (χ3n) is 8.18. The number of nitrogens with one attached hydrogen (secondary N) is 1. The zero-order valence-corrected chi connectivity index (χ0v) is 18.8. The van der Waals surface area contributed by atoms with Crippen molar-refractivity contribution in [3.63, 3.8) is 0 Å². The number of likely N-dealkylation sites (tertiary alicyclic amines) is 1. The van der Waals surface area contributed by atoms with Crippen molar-refractivity contribution in [3.8, 4) is 5.75 Å². The molecule has 6 atom stereocenters. The van der Waals surface area contributed by atoms with Crippen LogP contribution in [0.25, 0.3) is 0 Å². The average molecular weight is 453 g/mol. The average Bonchev–Trinajstić information content (AvgIpc) is 3.18. The first-order valence-electron chi connectivity index (χ1n) is 11.6. The molecule has 1 aromatic rings. The molecule has 33 heavy (non-hydrogen) atoms. The minimum absolute atomic E-state index is 0.0113. The van der Waals surface area contributed by atoms with E-state index in [9.17, 15) is 29.1 Å². The molecule has 0 spiro atoms. The van der Waals surface area contributed by atoms with Gasteiger partial charge in [0.2, 0.25) is 5.91 Å². The maximum absolute atomic E-state index is 13.4. The number of amides is 1. The second-order valence-electron chi connectivity index (χ2n) is 10.0. The Morgan fingerprint density at radius 2 is 1.79 bits per heavy atom. The Morgan fingerprint density at radius 1 is 1.06 bits per heavy atom. The molecule has 1 heterocycles. The molecule has 1 aromatic carbocycles. The molecule has 5 rings (SSSR count). The smallest absolute Gasteiger partial charge is 0.237 e. The van der Waals surface area contributed by atoms with Crippen LogP contribution in [-0.2, 0) is 25.6 Å². The fourth-order valence-electron chi connectivity index (χ4n) is 6.69. The molecular weight excluding hydrogens is 424 g/mol. The molecule has 3 aliphatic carbocycles. The number of fused-ring (bicyclic) bond motifs is 3. The van der Waals surface area contributed by atoms with Crippen LogP contribution in [0.1, 0.15) is 53.2 Å². The molecule has 0 bridgehead atoms. The Kier molecular flexibility index (Phi) is 5.23. The van der Waals surface area contributed by atoms with Crippen LogP contribution in [0.15, 0.2) is 12.1 Å². The number of Topliss-reactive ketones (excluding diaryl/α,β-unsaturated/α-hetero) is 4. The van der Waals surface area contributed by atoms with Crippen molar-refractivity contribution in [2.45, 2.75) is 38.1 Å². The summed E-state index contributed by atoms with van der Waals surface area (Å²) in [5, 5.41) is 13.1. The van der Waals surface area contributed by atoms with E-state index in [-0.39, 0.29) is 29.7 Å². The second-order valence-corrected chi connectivity index (χ2v) is 10.0. The number of aromatic hydroxyl groups is 1. The van der Waals surface area contributed by atoms with Gasteiger partial charge in [-0.25, -0.2) is 0 Å². The molecule has 174 valence electrons. The molecule has 4 aliphatic rings. The van der Waals surface area contributed by atoms with Crippen LogP contribution in [0.4, 0.5) is 0 Å². The van der Waals surface area contributed by atoms with Gasteiger partial charge in [-0.1, -0.05) is 6.07 Å². The van der Waals surface area contributed by atoms with Gasteiger partial charge in [0.25, 0.3) is 0 Å². The van der Waals surface area contributed by atoms with Crippen LogP contribution in [0.5, 0.6) is 5.75 Å². The maximum Gasteiger partial charge on any atom is 0.237 e. The molecule has 3 fully saturated rings. The number of carbonyl (C=O) groups is 5. The van der Waals surface area contributed by atoms with E-state index in [0.717, 1.165) is 30.5 Å². The van der Waals surface area contributed by atoms with Crippen molar-refractivity contribution in [2.75, 3.05) is 20.6 Å². The van der Waals surface area contributed by atoms with Crippen LogP contribution in [-0.4, -0.2) is 59.7 Å². The highest BCUT2D eigenvalue weighted by atomic mass is 16.3. The van der Waals surface area contributed by atoms with Gasteiger partial charge in [-0.15, -0.1) is 0 Å². The van der Waals surface area contributed by atoms with E-state index in [1.807, 2.05) is 13.1 Å². The summed E-state index contributed by atoms with van der Waals surface area (Å²) >= 11 is 0. The standard InChI is InChI=1S/C25H28N2O6/c1-26-25(33)21-17(29)10-14-8-13-7-12-6-11(15-4-3-5-27(15)2)9-16(28)18(12)22(30)19(13)23(31)20(14)24(21)32/h6,9,13-15,19-21,28H,3-5,7-8,10H2,1-2H3,(H,26,33). The van der Waals surface area contributed by atoms with Crippen LogP contribution in [0, 0.1) is 29.6 Å². The molecule has 2 saturated carbocycles. The predicted molar refractivity (Wildman–Crippen MR) is 117 cm³/mol. The Morgan fingerprint density at radius 3 is 2.45 bits per heavy atom. The first-order valence-corrected chi connectivity index (χ1v) is 11.6. The fourth-order valence-corrected chi connectivity index (χ4v) is 6.69. The SMILES string of the molecule is CNC(=O)C1C(=O)CC2CC3Cc4cc(C5CCCN5C)cc(O)c4C(=O)C3C(=O)C2C1=O. The Balaban J connectivity index is 1.49. The van der Waals surface area contributed by atoms with Gasteiger partial charge in [-0.2, -0.15) is 0 Å². The number of carbonyl (C=O) groups excluding carboxylic acids is 5. The first-order chi connectivity index (χ1) is 15.7. The zero-order valence-electron chi connectivity index (χ0n) is 18.8. The lowest BCUT2D eigenvalue weighted by Gasteiger charge is -2.44. The molecule has 6 unspecified atom stereocenters. The van der Waals surface area contributed by atoms with Gasteiger partial charge in [0.05, 0.1) is 17.4 Å². The van der Waals surface area contributed by atoms with Crippen molar-refractivity contribution >= 4 is 29.0 Å². The lowest BCUT2D eigenvalue weighted by molar-refractivity contribution is -0.153. The molecule has 2 N–H and O–H groups in total. The third kappa shape index (κ3) is 3.26. The monoisotopic (exact) mass is 452 g/mol. The Labute approximate surface area is 191 Å². The molecule has 0 aromatic heterocycles. The minimum Gasteiger partial charge on any atom is -0.507 e. The maximum atomic E-state index is 13.4. The van der Waals surface area contributed by atoms with E-state index in [1.54, 1.807) is 6.07 Å². The summed E-state index contributed by atoms with van der Waals surface area (Å²) in [4.78, 5) is 66.8. The number of ketones is 4. The van der Waals surface area contributed by atoms with Crippen molar-refractivity contribution in [2.24, 2.45) is 29.6 Å². The van der Waals surface area contributed by atoms with Crippen LogP contribution >= 0.6 is 0 Å². The summed E-state index contributed by atoms with van der Waals surface area (Å²) in [6, 6.07) is 3.79. The van der Waals surface area contributed by atoms with Gasteiger partial charge in [0.1, 0.15) is 5.75 Å². The third-order valence-corrected chi connectivity index (χ3v) is 8.18. The Bertz CT molecular complexity index is 1090. The number of hydrogen-bond acceptors (Lipinski definition) is 7. The highest BCUT2D eigenvalue weighted by molar-refractivity contribution is 6.27. The molecule has 8 heteroatoms. The highest BCUT2D eigenvalue weighted by Gasteiger charge is 2.57. The number of rotatable bonds is 2. The summed E-state index contributed by atoms with van der Waals surface area (Å²) < 4.78 is 0. The van der Waals surface area contributed by atoms with Crippen LogP contribution in [0.3, 0.4) is 0 Å². The molecule has 8 nitrogen and oxygen atoms in total. The van der Waals surface area contributed by atoms with E-state index >= 15 is 0 Å². The number of nitrogens with zero attached hydrogens (tertiary/aromatic N) is 1. The van der Waals surface area contributed by atoms with E-state index in [0.29, 0.717) is 12.8 Å². The van der Waals surface area contributed by atoms with E-state index in [1.165, 1.54) is 7.05 Å². The second kappa shape index (κ2) is 7.87. The van der Waals surface area contributed by atoms with Gasteiger partial charge < -0.3 is 10.4 Å². The van der Waals surface area contributed by atoms with E-state index in [2.05, 4.69) is 10.2 Å². The quantitative estimate of drug-likeness (QED) is 0.648. The van der Waals surface area contributed by atoms with Gasteiger partial charge in [-0.3, -0.25) is 28.9 Å². The van der Waals surface area contributed by atoms with Crippen molar-refractivity contribution in [1.82, 2.24) is 10.2 Å². The van der Waals surface area contributed by atoms with Crippen LogP contribution in [0.2, 0.25) is 0 Å². The van der Waals surface area contributed by atoms with Gasteiger partial charge >= 0.3 is 0 Å². The van der Waals surface area contributed by atoms with E-state index in [4.69, 9.17) is 0 Å². The molecule has 1 aliphatic heterocycles. The minimum atomic E-state index is -1.48. The first kappa shape index (κ1) is 21.9. The fraction of sp³-hybridized carbons (Fsp3) is 0.560. The predicted octanol–water partition coefficient (Wildman–Crippen LogP) is 1.24. The highest BCUT2D eigenvalue weighted by Crippen LogP contribution is 2.48. The van der Waals surface area contributed by atoms with Gasteiger partial charge in [0.15, 0.2) is 29.1 Å². The normalized spacial score (nSPS) is 34.0. The number of hydrogen-bond donors (Lipinski definition) is 2. The lowest BCUT2D eigenvalue weighted by atomic mass is 9.56. The van der Waals surface area contributed by atoms with Crippen molar-refractivity contribution < 1.29 is 29.1 Å². The van der Waals surface area contributed by atoms with Gasteiger partial charge in [0, 0.05) is 19.5 Å². The van der Waals surface area contributed by atoms with Crippen molar-refractivity contribution in [1.29, 1.82) is 0 Å². The van der Waals surface area contributed by atoms with Gasteiger partial charge in [-0.05, 0) is 68.3 Å². The van der Waals surface area contributed by atoms with Crippen molar-refractivity contribution in [3.05, 3.63) is 28.8 Å². The largest absolute Gasteiger partial charge is 0.507 e. The number of benzene rings is 1. The zero-order chi connectivity index (χ0) is 23.6. The number of phenols is 1. The molecular formula is C25H28N2O6. The Hall–Kier alpha value is -2.87. The summed E-state index contributed by atoms with van der Waals surface area (Å²) in [5.74, 6) is -7.35. The summed E-state index contributed by atoms with van der Waals surface area (Å²) in [6.45, 7) is 0.975. The molecule has 0 radical (unpaired) electrons. The van der Waals surface area contributed by atoms with E-state index < -0.39 is 52.7 Å². The van der Waals surface area contributed by atoms with Crippen LogP contribution < -0.4 is 5.32 Å². The molecule has 1 saturated heterocycles. The summed E-state index contributed by atoms with van der Waals surface area (Å²) in [5.41, 5.74) is 1.88. The topological polar surface area (TPSA) is 121 Å².